The predicted octanol–water partition coefficient (Wildman–Crippen LogP) is 2.83. The van der Waals surface area contributed by atoms with Gasteiger partial charge < -0.3 is 9.67 Å². The smallest absolute Gasteiger partial charge is 0.112 e. The standard InChI is InChI=1S/C16H20N2O/c1-18-14-10-6-5-9-13(14)17-16(18)11-15(19)12-7-3-2-4-8-12/h2-3,5-6,9-10,12,15,19H,4,7-8,11H2,1H3. The Morgan fingerprint density at radius 2 is 2.21 bits per heavy atom. The first-order valence-corrected chi connectivity index (χ1v) is 6.99. The molecule has 1 aliphatic rings. The summed E-state index contributed by atoms with van der Waals surface area (Å²) in [6.07, 6.45) is 7.91. The van der Waals surface area contributed by atoms with Gasteiger partial charge in [0.15, 0.2) is 0 Å². The fourth-order valence-electron chi connectivity index (χ4n) is 2.90. The lowest BCUT2D eigenvalue weighted by atomic mass is 9.88. The number of nitrogens with zero attached hydrogens (tertiary/aromatic N) is 2. The molecule has 3 rings (SSSR count). The highest BCUT2D eigenvalue weighted by molar-refractivity contribution is 5.75. The van der Waals surface area contributed by atoms with Gasteiger partial charge >= 0.3 is 0 Å². The summed E-state index contributed by atoms with van der Waals surface area (Å²) < 4.78 is 2.09. The van der Waals surface area contributed by atoms with E-state index in [1.54, 1.807) is 0 Å². The number of hydrogen-bond acceptors (Lipinski definition) is 2. The molecule has 3 nitrogen and oxygen atoms in total. The zero-order valence-electron chi connectivity index (χ0n) is 11.3. The summed E-state index contributed by atoms with van der Waals surface area (Å²) in [6, 6.07) is 8.12. The van der Waals surface area contributed by atoms with Crippen molar-refractivity contribution >= 4 is 11.0 Å². The Hall–Kier alpha value is -1.61. The Morgan fingerprint density at radius 1 is 1.37 bits per heavy atom. The van der Waals surface area contributed by atoms with Crippen LogP contribution in [0.3, 0.4) is 0 Å². The lowest BCUT2D eigenvalue weighted by molar-refractivity contribution is 0.0996. The molecule has 2 atom stereocenters. The third-order valence-electron chi connectivity index (χ3n) is 4.13. The van der Waals surface area contributed by atoms with Gasteiger partial charge in [0, 0.05) is 13.5 Å². The summed E-state index contributed by atoms with van der Waals surface area (Å²) in [5.41, 5.74) is 2.14. The Morgan fingerprint density at radius 3 is 2.95 bits per heavy atom. The molecule has 0 amide bonds. The van der Waals surface area contributed by atoms with E-state index in [9.17, 15) is 5.11 Å². The van der Waals surface area contributed by atoms with E-state index >= 15 is 0 Å². The summed E-state index contributed by atoms with van der Waals surface area (Å²) in [6.45, 7) is 0. The van der Waals surface area contributed by atoms with E-state index in [4.69, 9.17) is 0 Å². The average Bonchev–Trinajstić information content (AvgIpc) is 2.77. The monoisotopic (exact) mass is 256 g/mol. The number of rotatable bonds is 3. The maximum atomic E-state index is 10.4. The SMILES string of the molecule is Cn1c(CC(O)C2CC=CCC2)nc2ccccc21. The van der Waals surface area contributed by atoms with E-state index in [2.05, 4.69) is 27.8 Å². The van der Waals surface area contributed by atoms with Crippen LogP contribution in [0, 0.1) is 5.92 Å². The van der Waals surface area contributed by atoms with Crippen molar-refractivity contribution in [2.24, 2.45) is 13.0 Å². The molecule has 2 aromatic rings. The Labute approximate surface area is 113 Å². The molecule has 0 fully saturated rings. The molecule has 3 heteroatoms. The van der Waals surface area contributed by atoms with E-state index in [1.165, 1.54) is 0 Å². The maximum absolute atomic E-state index is 10.4. The number of aliphatic hydroxyl groups excluding tert-OH is 1. The first-order chi connectivity index (χ1) is 9.25. The minimum atomic E-state index is -0.291. The predicted molar refractivity (Wildman–Crippen MR) is 76.9 cm³/mol. The number of benzene rings is 1. The van der Waals surface area contributed by atoms with Gasteiger partial charge in [-0.2, -0.15) is 0 Å². The molecule has 1 heterocycles. The summed E-state index contributed by atoms with van der Waals surface area (Å²) >= 11 is 0. The second kappa shape index (κ2) is 5.17. The quantitative estimate of drug-likeness (QED) is 0.858. The fourth-order valence-corrected chi connectivity index (χ4v) is 2.90. The number of hydrogen-bond donors (Lipinski definition) is 1. The number of fused-ring (bicyclic) bond motifs is 1. The van der Waals surface area contributed by atoms with Gasteiger partial charge in [0.1, 0.15) is 5.82 Å². The van der Waals surface area contributed by atoms with Crippen LogP contribution in [-0.4, -0.2) is 20.8 Å². The normalized spacial score (nSPS) is 20.8. The number of para-hydroxylation sites is 2. The summed E-state index contributed by atoms with van der Waals surface area (Å²) in [4.78, 5) is 4.63. The van der Waals surface area contributed by atoms with E-state index in [0.29, 0.717) is 12.3 Å². The zero-order valence-corrected chi connectivity index (χ0v) is 11.3. The molecule has 0 spiro atoms. The Kier molecular flexibility index (Phi) is 3.38. The van der Waals surface area contributed by atoms with Gasteiger partial charge in [-0.3, -0.25) is 0 Å². The van der Waals surface area contributed by atoms with Crippen molar-refractivity contribution in [1.29, 1.82) is 0 Å². The minimum absolute atomic E-state index is 0.291. The van der Waals surface area contributed by atoms with E-state index < -0.39 is 0 Å². The van der Waals surface area contributed by atoms with Gasteiger partial charge in [-0.15, -0.1) is 0 Å². The molecule has 1 aromatic carbocycles. The molecule has 0 aliphatic heterocycles. The van der Waals surface area contributed by atoms with E-state index in [1.807, 2.05) is 25.2 Å². The van der Waals surface area contributed by atoms with Crippen LogP contribution in [0.25, 0.3) is 11.0 Å². The molecule has 0 radical (unpaired) electrons. The number of imidazole rings is 1. The highest BCUT2D eigenvalue weighted by Crippen LogP contribution is 2.24. The van der Waals surface area contributed by atoms with Gasteiger partial charge in [-0.25, -0.2) is 4.98 Å². The van der Waals surface area contributed by atoms with Crippen LogP contribution < -0.4 is 0 Å². The molecule has 1 aliphatic carbocycles. The number of aliphatic hydroxyl groups is 1. The van der Waals surface area contributed by atoms with Gasteiger partial charge in [0.25, 0.3) is 0 Å². The summed E-state index contributed by atoms with van der Waals surface area (Å²) in [7, 11) is 2.03. The molecular formula is C16H20N2O. The number of aryl methyl sites for hydroxylation is 1. The van der Waals surface area contributed by atoms with Crippen LogP contribution in [0.1, 0.15) is 25.1 Å². The first-order valence-electron chi connectivity index (χ1n) is 6.99. The summed E-state index contributed by atoms with van der Waals surface area (Å²) in [5.74, 6) is 1.35. The van der Waals surface area contributed by atoms with E-state index in [-0.39, 0.29) is 6.10 Å². The fraction of sp³-hybridized carbons (Fsp3) is 0.438. The average molecular weight is 256 g/mol. The molecular weight excluding hydrogens is 236 g/mol. The lowest BCUT2D eigenvalue weighted by Gasteiger charge is -2.23. The Bertz CT molecular complexity index is 600. The zero-order chi connectivity index (χ0) is 13.2. The highest BCUT2D eigenvalue weighted by Gasteiger charge is 2.21. The van der Waals surface area contributed by atoms with Crippen molar-refractivity contribution < 1.29 is 5.11 Å². The molecule has 19 heavy (non-hydrogen) atoms. The van der Waals surface area contributed by atoms with Gasteiger partial charge in [-0.05, 0) is 37.3 Å². The van der Waals surface area contributed by atoms with Crippen molar-refractivity contribution in [3.05, 3.63) is 42.2 Å². The first kappa shape index (κ1) is 12.4. The molecule has 0 saturated carbocycles. The molecule has 0 bridgehead atoms. The third kappa shape index (κ3) is 2.43. The molecule has 0 saturated heterocycles. The third-order valence-corrected chi connectivity index (χ3v) is 4.13. The van der Waals surface area contributed by atoms with Gasteiger partial charge in [0.05, 0.1) is 17.1 Å². The minimum Gasteiger partial charge on any atom is -0.392 e. The molecule has 2 unspecified atom stereocenters. The van der Waals surface area contributed by atoms with Crippen molar-refractivity contribution in [2.45, 2.75) is 31.8 Å². The van der Waals surface area contributed by atoms with Crippen molar-refractivity contribution in [3.8, 4) is 0 Å². The van der Waals surface area contributed by atoms with Crippen molar-refractivity contribution in [3.63, 3.8) is 0 Å². The van der Waals surface area contributed by atoms with Crippen LogP contribution in [0.15, 0.2) is 36.4 Å². The van der Waals surface area contributed by atoms with Crippen LogP contribution in [0.5, 0.6) is 0 Å². The topological polar surface area (TPSA) is 38.0 Å². The van der Waals surface area contributed by atoms with Crippen LogP contribution in [0.4, 0.5) is 0 Å². The van der Waals surface area contributed by atoms with Crippen molar-refractivity contribution in [1.82, 2.24) is 9.55 Å². The maximum Gasteiger partial charge on any atom is 0.112 e. The van der Waals surface area contributed by atoms with Crippen LogP contribution in [-0.2, 0) is 13.5 Å². The highest BCUT2D eigenvalue weighted by atomic mass is 16.3. The molecule has 1 aromatic heterocycles. The van der Waals surface area contributed by atoms with Gasteiger partial charge in [-0.1, -0.05) is 24.3 Å². The van der Waals surface area contributed by atoms with E-state index in [0.717, 1.165) is 36.1 Å². The second-order valence-electron chi connectivity index (χ2n) is 5.39. The number of allylic oxidation sites excluding steroid dienone is 2. The van der Waals surface area contributed by atoms with Crippen LogP contribution in [0.2, 0.25) is 0 Å². The molecule has 1 N–H and O–H groups in total. The van der Waals surface area contributed by atoms with Gasteiger partial charge in [0.2, 0.25) is 0 Å². The molecule has 100 valence electrons. The van der Waals surface area contributed by atoms with Crippen molar-refractivity contribution in [2.75, 3.05) is 0 Å². The van der Waals surface area contributed by atoms with Crippen LogP contribution >= 0.6 is 0 Å². The largest absolute Gasteiger partial charge is 0.392 e. The lowest BCUT2D eigenvalue weighted by Crippen LogP contribution is -2.25. The second-order valence-corrected chi connectivity index (χ2v) is 5.39. The number of aromatic nitrogens is 2. The summed E-state index contributed by atoms with van der Waals surface area (Å²) in [5, 5.41) is 10.4. The Balaban J connectivity index is 1.81.